The molecule has 1 heterocycles. The molecule has 0 spiro atoms. The van der Waals surface area contributed by atoms with Crippen LogP contribution in [0.25, 0.3) is 10.9 Å². The molecule has 0 aliphatic heterocycles. The maximum absolute atomic E-state index is 12.1. The van der Waals surface area contributed by atoms with E-state index in [0.29, 0.717) is 12.2 Å². The average molecular weight is 305 g/mol. The molecule has 23 heavy (non-hydrogen) atoms. The fraction of sp³-hybridized carbons (Fsp3) is 0.158. The first-order valence-corrected chi connectivity index (χ1v) is 7.58. The highest BCUT2D eigenvalue weighted by atomic mass is 16.1. The van der Waals surface area contributed by atoms with Gasteiger partial charge in [0.25, 0.3) is 0 Å². The highest BCUT2D eigenvalue weighted by Gasteiger charge is 2.07. The molecule has 0 saturated heterocycles. The lowest BCUT2D eigenvalue weighted by Gasteiger charge is -2.07. The Bertz CT molecular complexity index is 841. The molecule has 3 N–H and O–H groups in total. The number of pyridine rings is 1. The van der Waals surface area contributed by atoms with Crippen molar-refractivity contribution in [2.75, 3.05) is 5.73 Å². The molecular weight excluding hydrogens is 286 g/mol. The number of aromatic nitrogens is 1. The van der Waals surface area contributed by atoms with Crippen molar-refractivity contribution in [1.29, 1.82) is 0 Å². The first-order chi connectivity index (χ1) is 11.1. The summed E-state index contributed by atoms with van der Waals surface area (Å²) in [5, 5.41) is 3.90. The Kier molecular flexibility index (Phi) is 4.24. The van der Waals surface area contributed by atoms with E-state index in [0.717, 1.165) is 22.2 Å². The van der Waals surface area contributed by atoms with Crippen LogP contribution in [-0.2, 0) is 17.8 Å². The molecule has 4 heteroatoms. The molecule has 0 aliphatic carbocycles. The van der Waals surface area contributed by atoms with Crippen molar-refractivity contribution in [3.05, 3.63) is 71.4 Å². The lowest BCUT2D eigenvalue weighted by atomic mass is 10.1. The van der Waals surface area contributed by atoms with Crippen LogP contribution < -0.4 is 11.1 Å². The standard InChI is InChI=1S/C19H19N3O/c1-13-5-7-14(8-6-13)12-21-18(23)11-16-10-9-15-3-2-4-17(20)19(15)22-16/h2-10H,11-12,20H2,1H3,(H,21,23). The minimum Gasteiger partial charge on any atom is -0.397 e. The monoisotopic (exact) mass is 305 g/mol. The summed E-state index contributed by atoms with van der Waals surface area (Å²) in [7, 11) is 0. The van der Waals surface area contributed by atoms with Crippen LogP contribution in [0.4, 0.5) is 5.69 Å². The topological polar surface area (TPSA) is 68.0 Å². The van der Waals surface area contributed by atoms with Gasteiger partial charge in [0.15, 0.2) is 0 Å². The predicted molar refractivity (Wildman–Crippen MR) is 92.9 cm³/mol. The molecule has 4 nitrogen and oxygen atoms in total. The third-order valence-corrected chi connectivity index (χ3v) is 3.76. The first-order valence-electron chi connectivity index (χ1n) is 7.58. The van der Waals surface area contributed by atoms with Crippen LogP contribution in [-0.4, -0.2) is 10.9 Å². The molecule has 0 radical (unpaired) electrons. The van der Waals surface area contributed by atoms with E-state index >= 15 is 0 Å². The minimum atomic E-state index is -0.0491. The van der Waals surface area contributed by atoms with Gasteiger partial charge in [-0.25, -0.2) is 0 Å². The summed E-state index contributed by atoms with van der Waals surface area (Å²) >= 11 is 0. The van der Waals surface area contributed by atoms with Gasteiger partial charge in [0.2, 0.25) is 5.91 Å². The molecule has 0 bridgehead atoms. The molecule has 0 atom stereocenters. The number of carbonyl (C=O) groups is 1. The molecule has 2 aromatic carbocycles. The smallest absolute Gasteiger partial charge is 0.226 e. The number of hydrogen-bond acceptors (Lipinski definition) is 3. The maximum Gasteiger partial charge on any atom is 0.226 e. The van der Waals surface area contributed by atoms with Crippen molar-refractivity contribution in [3.63, 3.8) is 0 Å². The number of para-hydroxylation sites is 1. The number of nitrogens with two attached hydrogens (primary N) is 1. The number of amides is 1. The van der Waals surface area contributed by atoms with Gasteiger partial charge in [-0.1, -0.05) is 48.0 Å². The summed E-state index contributed by atoms with van der Waals surface area (Å²) in [6.45, 7) is 2.56. The number of hydrogen-bond donors (Lipinski definition) is 2. The molecule has 3 aromatic rings. The van der Waals surface area contributed by atoms with E-state index < -0.39 is 0 Å². The summed E-state index contributed by atoms with van der Waals surface area (Å²) in [5.74, 6) is -0.0491. The molecule has 0 saturated carbocycles. The second kappa shape index (κ2) is 6.48. The first kappa shape index (κ1) is 15.0. The van der Waals surface area contributed by atoms with Gasteiger partial charge in [-0.3, -0.25) is 9.78 Å². The zero-order chi connectivity index (χ0) is 16.2. The molecule has 0 fully saturated rings. The zero-order valence-electron chi connectivity index (χ0n) is 13.0. The molecule has 0 unspecified atom stereocenters. The Hall–Kier alpha value is -2.88. The molecule has 116 valence electrons. The van der Waals surface area contributed by atoms with Crippen LogP contribution >= 0.6 is 0 Å². The zero-order valence-corrected chi connectivity index (χ0v) is 13.0. The maximum atomic E-state index is 12.1. The van der Waals surface area contributed by atoms with E-state index in [1.54, 1.807) is 0 Å². The molecule has 1 aromatic heterocycles. The third kappa shape index (κ3) is 3.66. The van der Waals surface area contributed by atoms with E-state index in [1.807, 2.05) is 61.5 Å². The molecule has 0 aliphatic rings. The van der Waals surface area contributed by atoms with Gasteiger partial charge in [-0.05, 0) is 24.6 Å². The van der Waals surface area contributed by atoms with Crippen molar-refractivity contribution in [3.8, 4) is 0 Å². The van der Waals surface area contributed by atoms with Crippen LogP contribution in [0, 0.1) is 6.92 Å². The van der Waals surface area contributed by atoms with Crippen LogP contribution in [0.3, 0.4) is 0 Å². The van der Waals surface area contributed by atoms with Crippen LogP contribution in [0.1, 0.15) is 16.8 Å². The van der Waals surface area contributed by atoms with E-state index in [4.69, 9.17) is 5.73 Å². The number of nitrogens with one attached hydrogen (secondary N) is 1. The summed E-state index contributed by atoms with van der Waals surface area (Å²) in [6, 6.07) is 17.6. The quantitative estimate of drug-likeness (QED) is 0.728. The lowest BCUT2D eigenvalue weighted by Crippen LogP contribution is -2.24. The van der Waals surface area contributed by atoms with Crippen LogP contribution in [0.2, 0.25) is 0 Å². The number of nitrogen functional groups attached to an aromatic ring is 1. The average Bonchev–Trinajstić information content (AvgIpc) is 2.55. The number of anilines is 1. The number of nitrogens with zero attached hydrogens (tertiary/aromatic N) is 1. The van der Waals surface area contributed by atoms with E-state index in [1.165, 1.54) is 5.56 Å². The molecular formula is C19H19N3O. The Balaban J connectivity index is 1.65. The second-order valence-electron chi connectivity index (χ2n) is 5.66. The Morgan fingerprint density at radius 1 is 1.09 bits per heavy atom. The summed E-state index contributed by atoms with van der Waals surface area (Å²) < 4.78 is 0. The minimum absolute atomic E-state index is 0.0491. The number of rotatable bonds is 4. The fourth-order valence-electron chi connectivity index (χ4n) is 2.44. The Morgan fingerprint density at radius 2 is 1.87 bits per heavy atom. The number of carbonyl (C=O) groups excluding carboxylic acids is 1. The van der Waals surface area contributed by atoms with E-state index in [9.17, 15) is 4.79 Å². The lowest BCUT2D eigenvalue weighted by molar-refractivity contribution is -0.120. The third-order valence-electron chi connectivity index (χ3n) is 3.76. The molecule has 3 rings (SSSR count). The number of aryl methyl sites for hydroxylation is 1. The van der Waals surface area contributed by atoms with Gasteiger partial charge in [-0.2, -0.15) is 0 Å². The van der Waals surface area contributed by atoms with Crippen molar-refractivity contribution in [2.24, 2.45) is 0 Å². The van der Waals surface area contributed by atoms with Crippen LogP contribution in [0.5, 0.6) is 0 Å². The van der Waals surface area contributed by atoms with Gasteiger partial charge < -0.3 is 11.1 Å². The van der Waals surface area contributed by atoms with E-state index in [-0.39, 0.29) is 12.3 Å². The molecule has 1 amide bonds. The van der Waals surface area contributed by atoms with Gasteiger partial charge in [0, 0.05) is 11.9 Å². The largest absolute Gasteiger partial charge is 0.397 e. The van der Waals surface area contributed by atoms with Crippen molar-refractivity contribution < 1.29 is 4.79 Å². The number of fused-ring (bicyclic) bond motifs is 1. The summed E-state index contributed by atoms with van der Waals surface area (Å²) in [4.78, 5) is 16.6. The Labute approximate surface area is 135 Å². The fourth-order valence-corrected chi connectivity index (χ4v) is 2.44. The van der Waals surface area contributed by atoms with Crippen molar-refractivity contribution in [2.45, 2.75) is 19.9 Å². The highest BCUT2D eigenvalue weighted by molar-refractivity contribution is 5.89. The van der Waals surface area contributed by atoms with E-state index in [2.05, 4.69) is 10.3 Å². The van der Waals surface area contributed by atoms with Gasteiger partial charge in [0.1, 0.15) is 0 Å². The predicted octanol–water partition coefficient (Wildman–Crippen LogP) is 2.98. The van der Waals surface area contributed by atoms with Crippen molar-refractivity contribution >= 4 is 22.5 Å². The number of benzene rings is 2. The SMILES string of the molecule is Cc1ccc(CNC(=O)Cc2ccc3cccc(N)c3n2)cc1. The summed E-state index contributed by atoms with van der Waals surface area (Å²) in [6.07, 6.45) is 0.246. The normalized spacial score (nSPS) is 10.7. The van der Waals surface area contributed by atoms with Crippen molar-refractivity contribution in [1.82, 2.24) is 10.3 Å². The van der Waals surface area contributed by atoms with Crippen LogP contribution in [0.15, 0.2) is 54.6 Å². The second-order valence-corrected chi connectivity index (χ2v) is 5.66. The Morgan fingerprint density at radius 3 is 2.65 bits per heavy atom. The van der Waals surface area contributed by atoms with Gasteiger partial charge in [-0.15, -0.1) is 0 Å². The van der Waals surface area contributed by atoms with Gasteiger partial charge >= 0.3 is 0 Å². The van der Waals surface area contributed by atoms with Gasteiger partial charge in [0.05, 0.1) is 23.3 Å². The summed E-state index contributed by atoms with van der Waals surface area (Å²) in [5.41, 5.74) is 10.3. The highest BCUT2D eigenvalue weighted by Crippen LogP contribution is 2.19.